The molecule has 1 aromatic rings. The summed E-state index contributed by atoms with van der Waals surface area (Å²) in [5, 5.41) is 5.21. The van der Waals surface area contributed by atoms with Gasteiger partial charge in [0.05, 0.1) is 14.2 Å². The number of benzene rings is 1. The number of methoxy groups -OCH3 is 2. The van der Waals surface area contributed by atoms with Gasteiger partial charge in [0.1, 0.15) is 6.04 Å². The van der Waals surface area contributed by atoms with Gasteiger partial charge in [0.2, 0.25) is 5.91 Å². The van der Waals surface area contributed by atoms with Crippen LogP contribution in [-0.4, -0.2) is 32.2 Å². The minimum atomic E-state index is -0.722. The fourth-order valence-corrected chi connectivity index (χ4v) is 1.98. The minimum absolute atomic E-state index is 0.0714. The number of hydrogen-bond donors (Lipinski definition) is 3. The highest BCUT2D eigenvalue weighted by molar-refractivity contribution is 5.86. The van der Waals surface area contributed by atoms with Gasteiger partial charge in [-0.05, 0) is 23.6 Å². The van der Waals surface area contributed by atoms with Crippen molar-refractivity contribution in [3.8, 4) is 11.5 Å². The smallest absolute Gasteiger partial charge is 0.312 e. The predicted octanol–water partition coefficient (Wildman–Crippen LogP) is 1.01. The van der Waals surface area contributed by atoms with Crippen molar-refractivity contribution < 1.29 is 19.1 Å². The summed E-state index contributed by atoms with van der Waals surface area (Å²) in [4.78, 5) is 23.1. The maximum Gasteiger partial charge on any atom is 0.312 e. The number of urea groups is 1. The van der Waals surface area contributed by atoms with Crippen LogP contribution in [0.5, 0.6) is 11.5 Å². The molecule has 0 aliphatic rings. The molecule has 1 aromatic carbocycles. The van der Waals surface area contributed by atoms with Crippen LogP contribution in [0.4, 0.5) is 4.79 Å². The average molecular weight is 309 g/mol. The first-order valence-corrected chi connectivity index (χ1v) is 6.93. The Morgan fingerprint density at radius 1 is 1.18 bits per heavy atom. The van der Waals surface area contributed by atoms with Gasteiger partial charge in [0.15, 0.2) is 11.5 Å². The summed E-state index contributed by atoms with van der Waals surface area (Å²) < 4.78 is 10.4. The average Bonchev–Trinajstić information content (AvgIpc) is 2.49. The Bertz CT molecular complexity index is 532. The van der Waals surface area contributed by atoms with E-state index in [9.17, 15) is 9.59 Å². The van der Waals surface area contributed by atoms with Crippen LogP contribution in [0.25, 0.3) is 0 Å². The lowest BCUT2D eigenvalue weighted by molar-refractivity contribution is -0.124. The van der Waals surface area contributed by atoms with Gasteiger partial charge in [0.25, 0.3) is 0 Å². The zero-order chi connectivity index (χ0) is 16.7. The van der Waals surface area contributed by atoms with Crippen molar-refractivity contribution in [3.05, 3.63) is 23.8 Å². The van der Waals surface area contributed by atoms with Gasteiger partial charge >= 0.3 is 6.03 Å². The molecule has 122 valence electrons. The van der Waals surface area contributed by atoms with Crippen molar-refractivity contribution in [3.63, 3.8) is 0 Å². The highest BCUT2D eigenvalue weighted by atomic mass is 16.5. The summed E-state index contributed by atoms with van der Waals surface area (Å²) in [5.74, 6) is 0.847. The van der Waals surface area contributed by atoms with Gasteiger partial charge in [-0.3, -0.25) is 4.79 Å². The molecule has 1 unspecified atom stereocenters. The normalized spacial score (nSPS) is 11.7. The van der Waals surface area contributed by atoms with E-state index in [1.807, 2.05) is 19.9 Å². The maximum absolute atomic E-state index is 12.1. The molecule has 0 spiro atoms. The minimum Gasteiger partial charge on any atom is -0.493 e. The van der Waals surface area contributed by atoms with E-state index in [4.69, 9.17) is 15.2 Å². The second kappa shape index (κ2) is 8.11. The van der Waals surface area contributed by atoms with E-state index in [2.05, 4.69) is 10.6 Å². The van der Waals surface area contributed by atoms with Gasteiger partial charge < -0.3 is 25.8 Å². The van der Waals surface area contributed by atoms with E-state index in [0.717, 1.165) is 5.56 Å². The molecular weight excluding hydrogens is 286 g/mol. The van der Waals surface area contributed by atoms with Crippen molar-refractivity contribution in [1.29, 1.82) is 0 Å². The number of primary amides is 1. The van der Waals surface area contributed by atoms with E-state index in [1.165, 1.54) is 0 Å². The zero-order valence-corrected chi connectivity index (χ0v) is 13.3. The molecule has 0 aliphatic carbocycles. The monoisotopic (exact) mass is 309 g/mol. The lowest BCUT2D eigenvalue weighted by atomic mass is 10.0. The number of carbonyl (C=O) groups excluding carboxylic acids is 2. The van der Waals surface area contributed by atoms with Crippen molar-refractivity contribution in [2.45, 2.75) is 26.4 Å². The Kier molecular flexibility index (Phi) is 6.49. The number of hydrogen-bond acceptors (Lipinski definition) is 4. The van der Waals surface area contributed by atoms with Crippen molar-refractivity contribution >= 4 is 11.9 Å². The van der Waals surface area contributed by atoms with E-state index >= 15 is 0 Å². The first-order chi connectivity index (χ1) is 10.4. The highest BCUT2D eigenvalue weighted by Gasteiger charge is 2.23. The second-order valence-corrected chi connectivity index (χ2v) is 5.14. The number of amides is 3. The number of ether oxygens (including phenoxy) is 2. The summed E-state index contributed by atoms with van der Waals surface area (Å²) in [6, 6.07) is 3.98. The summed E-state index contributed by atoms with van der Waals surface area (Å²) >= 11 is 0. The van der Waals surface area contributed by atoms with Gasteiger partial charge in [0, 0.05) is 6.54 Å². The third kappa shape index (κ3) is 4.83. The molecule has 0 heterocycles. The number of nitrogens with one attached hydrogen (secondary N) is 2. The van der Waals surface area contributed by atoms with Gasteiger partial charge in [-0.2, -0.15) is 0 Å². The Labute approximate surface area is 130 Å². The van der Waals surface area contributed by atoms with Gasteiger partial charge in [-0.1, -0.05) is 19.9 Å². The Morgan fingerprint density at radius 2 is 1.82 bits per heavy atom. The molecule has 3 amide bonds. The van der Waals surface area contributed by atoms with Crippen LogP contribution >= 0.6 is 0 Å². The van der Waals surface area contributed by atoms with Crippen molar-refractivity contribution in [2.24, 2.45) is 11.7 Å². The standard InChI is InChI=1S/C15H23N3O4/c1-9(2)13(18-15(16)20)14(19)17-8-10-5-6-11(21-3)12(7-10)22-4/h5-7,9,13H,8H2,1-4H3,(H,17,19)(H3,16,18,20). The molecule has 4 N–H and O–H groups in total. The molecule has 0 aromatic heterocycles. The van der Waals surface area contributed by atoms with E-state index in [1.54, 1.807) is 26.4 Å². The molecule has 0 fully saturated rings. The summed E-state index contributed by atoms with van der Waals surface area (Å²) in [5.41, 5.74) is 5.94. The molecule has 0 bridgehead atoms. The topological polar surface area (TPSA) is 103 Å². The van der Waals surface area contributed by atoms with E-state index in [0.29, 0.717) is 18.0 Å². The number of rotatable bonds is 7. The lowest BCUT2D eigenvalue weighted by Gasteiger charge is -2.20. The van der Waals surface area contributed by atoms with E-state index in [-0.39, 0.29) is 11.8 Å². The molecule has 0 aliphatic heterocycles. The van der Waals surface area contributed by atoms with Crippen LogP contribution in [0.2, 0.25) is 0 Å². The van der Waals surface area contributed by atoms with Crippen LogP contribution in [0.1, 0.15) is 19.4 Å². The highest BCUT2D eigenvalue weighted by Crippen LogP contribution is 2.27. The summed E-state index contributed by atoms with van der Waals surface area (Å²) in [6.45, 7) is 3.97. The van der Waals surface area contributed by atoms with Crippen LogP contribution in [0.15, 0.2) is 18.2 Å². The zero-order valence-electron chi connectivity index (χ0n) is 13.3. The van der Waals surface area contributed by atoms with Gasteiger partial charge in [-0.15, -0.1) is 0 Å². The second-order valence-electron chi connectivity index (χ2n) is 5.14. The van der Waals surface area contributed by atoms with Crippen LogP contribution in [0.3, 0.4) is 0 Å². The van der Waals surface area contributed by atoms with Crippen molar-refractivity contribution in [2.75, 3.05) is 14.2 Å². The lowest BCUT2D eigenvalue weighted by Crippen LogP contribution is -2.51. The first-order valence-electron chi connectivity index (χ1n) is 6.93. The molecule has 0 saturated carbocycles. The summed E-state index contributed by atoms with van der Waals surface area (Å²) in [6.07, 6.45) is 0. The molecule has 22 heavy (non-hydrogen) atoms. The van der Waals surface area contributed by atoms with E-state index < -0.39 is 12.1 Å². The van der Waals surface area contributed by atoms with Crippen molar-refractivity contribution in [1.82, 2.24) is 10.6 Å². The van der Waals surface area contributed by atoms with Crippen LogP contribution in [0, 0.1) is 5.92 Å². The molecule has 1 rings (SSSR count). The SMILES string of the molecule is COc1ccc(CNC(=O)C(NC(N)=O)C(C)C)cc1OC. The summed E-state index contributed by atoms with van der Waals surface area (Å²) in [7, 11) is 3.10. The molecule has 1 atom stereocenters. The fourth-order valence-electron chi connectivity index (χ4n) is 1.98. The fraction of sp³-hybridized carbons (Fsp3) is 0.467. The largest absolute Gasteiger partial charge is 0.493 e. The quantitative estimate of drug-likeness (QED) is 0.699. The first kappa shape index (κ1) is 17.6. The maximum atomic E-state index is 12.1. The third-order valence-corrected chi connectivity index (χ3v) is 3.16. The third-order valence-electron chi connectivity index (χ3n) is 3.16. The molecule has 0 saturated heterocycles. The van der Waals surface area contributed by atoms with Gasteiger partial charge in [-0.25, -0.2) is 4.79 Å². The molecule has 7 nitrogen and oxygen atoms in total. The molecular formula is C15H23N3O4. The number of nitrogens with two attached hydrogens (primary N) is 1. The molecule has 0 radical (unpaired) electrons. The van der Waals surface area contributed by atoms with Crippen LogP contribution < -0.4 is 25.8 Å². The van der Waals surface area contributed by atoms with Crippen LogP contribution in [-0.2, 0) is 11.3 Å². The Morgan fingerprint density at radius 3 is 2.32 bits per heavy atom. The molecule has 7 heteroatoms. The predicted molar refractivity (Wildman–Crippen MR) is 82.7 cm³/mol. The number of carbonyl (C=O) groups is 2. The Balaban J connectivity index is 2.72. The Hall–Kier alpha value is -2.44.